The van der Waals surface area contributed by atoms with Gasteiger partial charge < -0.3 is 10.0 Å². The van der Waals surface area contributed by atoms with Crippen molar-refractivity contribution in [1.82, 2.24) is 18.8 Å². The van der Waals surface area contributed by atoms with Gasteiger partial charge in [0.1, 0.15) is 5.72 Å². The standard InChI is InChI=1S/C23H30N4O4S/c1-3-20(28)25(2)12-4-5-13-26-21(29)18-14-17(32-24-23(31)10-11-23)8-9-19(18)27(22(26)30)15-16-6-7-16/h3,8-9,14,16,24,31H,1,4-7,10-13,15H2,2H3. The lowest BCUT2D eigenvalue weighted by molar-refractivity contribution is -0.124. The van der Waals surface area contributed by atoms with Crippen LogP contribution in [0.4, 0.5) is 0 Å². The largest absolute Gasteiger partial charge is 0.375 e. The molecule has 0 saturated heterocycles. The fourth-order valence-corrected chi connectivity index (χ4v) is 4.48. The zero-order valence-corrected chi connectivity index (χ0v) is 19.2. The molecule has 1 amide bonds. The molecule has 8 nitrogen and oxygen atoms in total. The van der Waals surface area contributed by atoms with Crippen LogP contribution in [0, 0.1) is 5.92 Å². The smallest absolute Gasteiger partial charge is 0.331 e. The third-order valence-corrected chi connectivity index (χ3v) is 7.06. The van der Waals surface area contributed by atoms with Gasteiger partial charge >= 0.3 is 5.69 Å². The number of aliphatic hydroxyl groups is 1. The number of amides is 1. The van der Waals surface area contributed by atoms with Crippen LogP contribution in [0.1, 0.15) is 38.5 Å². The maximum atomic E-state index is 13.2. The van der Waals surface area contributed by atoms with Gasteiger partial charge in [-0.3, -0.25) is 18.7 Å². The predicted molar refractivity (Wildman–Crippen MR) is 125 cm³/mol. The topological polar surface area (TPSA) is 96.6 Å². The molecule has 0 atom stereocenters. The summed E-state index contributed by atoms with van der Waals surface area (Å²) in [6, 6.07) is 5.52. The molecule has 1 heterocycles. The molecule has 1 aromatic carbocycles. The molecule has 2 N–H and O–H groups in total. The van der Waals surface area contributed by atoms with E-state index in [0.29, 0.717) is 49.3 Å². The van der Waals surface area contributed by atoms with Crippen molar-refractivity contribution in [3.05, 3.63) is 51.7 Å². The summed E-state index contributed by atoms with van der Waals surface area (Å²) in [6.45, 7) is 4.96. The Balaban J connectivity index is 1.58. The highest BCUT2D eigenvalue weighted by Crippen LogP contribution is 2.35. The van der Waals surface area contributed by atoms with E-state index in [9.17, 15) is 19.5 Å². The lowest BCUT2D eigenvalue weighted by Gasteiger charge is -2.16. The zero-order chi connectivity index (χ0) is 22.9. The number of fused-ring (bicyclic) bond motifs is 1. The minimum absolute atomic E-state index is 0.144. The predicted octanol–water partition coefficient (Wildman–Crippen LogP) is 2.08. The number of rotatable bonds is 11. The van der Waals surface area contributed by atoms with Crippen molar-refractivity contribution in [2.24, 2.45) is 5.92 Å². The number of benzene rings is 1. The van der Waals surface area contributed by atoms with E-state index < -0.39 is 5.72 Å². The first-order valence-electron chi connectivity index (χ1n) is 11.1. The van der Waals surface area contributed by atoms with Gasteiger partial charge in [0.25, 0.3) is 5.56 Å². The van der Waals surface area contributed by atoms with Gasteiger partial charge in [-0.15, -0.1) is 0 Å². The molecule has 32 heavy (non-hydrogen) atoms. The Labute approximate surface area is 191 Å². The molecule has 2 aromatic rings. The maximum Gasteiger partial charge on any atom is 0.331 e. The average molecular weight is 459 g/mol. The van der Waals surface area contributed by atoms with Crippen LogP contribution in [0.5, 0.6) is 0 Å². The number of carbonyl (C=O) groups excluding carboxylic acids is 1. The van der Waals surface area contributed by atoms with Crippen molar-refractivity contribution < 1.29 is 9.90 Å². The van der Waals surface area contributed by atoms with E-state index in [1.807, 2.05) is 12.1 Å². The second-order valence-corrected chi connectivity index (χ2v) is 9.76. The van der Waals surface area contributed by atoms with Gasteiger partial charge in [-0.05, 0) is 80.7 Å². The van der Waals surface area contributed by atoms with Crippen LogP contribution in [-0.4, -0.2) is 44.4 Å². The molecule has 2 fully saturated rings. The monoisotopic (exact) mass is 458 g/mol. The molecule has 1 aromatic heterocycles. The molecule has 0 bridgehead atoms. The second-order valence-electron chi connectivity index (χ2n) is 8.88. The van der Waals surface area contributed by atoms with E-state index in [1.54, 1.807) is 22.6 Å². The Kier molecular flexibility index (Phi) is 6.60. The molecule has 0 radical (unpaired) electrons. The Bertz CT molecular complexity index is 1150. The molecule has 0 spiro atoms. The van der Waals surface area contributed by atoms with Gasteiger partial charge in [-0.2, -0.15) is 0 Å². The number of unbranched alkanes of at least 4 members (excludes halogenated alkanes) is 1. The first kappa shape index (κ1) is 22.8. The number of nitrogens with one attached hydrogen (secondary N) is 1. The van der Waals surface area contributed by atoms with Crippen LogP contribution in [-0.2, 0) is 17.9 Å². The van der Waals surface area contributed by atoms with Gasteiger partial charge in [0.2, 0.25) is 5.91 Å². The fourth-order valence-electron chi connectivity index (χ4n) is 3.66. The summed E-state index contributed by atoms with van der Waals surface area (Å²) in [6.07, 6.45) is 6.21. The molecule has 9 heteroatoms. The summed E-state index contributed by atoms with van der Waals surface area (Å²) in [4.78, 5) is 40.5. The highest BCUT2D eigenvalue weighted by atomic mass is 32.2. The molecule has 172 valence electrons. The average Bonchev–Trinajstić information content (AvgIpc) is 3.72. The van der Waals surface area contributed by atoms with Gasteiger partial charge in [0.05, 0.1) is 10.9 Å². The van der Waals surface area contributed by atoms with Gasteiger partial charge in [-0.25, -0.2) is 9.52 Å². The lowest BCUT2D eigenvalue weighted by atomic mass is 10.2. The van der Waals surface area contributed by atoms with E-state index in [-0.39, 0.29) is 17.2 Å². The number of nitrogens with zero attached hydrogens (tertiary/aromatic N) is 3. The van der Waals surface area contributed by atoms with E-state index in [0.717, 1.165) is 30.6 Å². The molecule has 0 unspecified atom stereocenters. The minimum atomic E-state index is -0.815. The van der Waals surface area contributed by atoms with Crippen LogP contribution in [0.15, 0.2) is 45.3 Å². The highest BCUT2D eigenvalue weighted by Gasteiger charge is 2.40. The molecule has 2 aliphatic rings. The third kappa shape index (κ3) is 5.16. The van der Waals surface area contributed by atoms with Crippen molar-refractivity contribution in [3.8, 4) is 0 Å². The van der Waals surface area contributed by atoms with Crippen molar-refractivity contribution in [2.75, 3.05) is 13.6 Å². The van der Waals surface area contributed by atoms with Crippen LogP contribution in [0.2, 0.25) is 0 Å². The first-order valence-corrected chi connectivity index (χ1v) is 11.9. The summed E-state index contributed by atoms with van der Waals surface area (Å²) in [5, 5.41) is 10.5. The SMILES string of the molecule is C=CC(=O)N(C)CCCCn1c(=O)c2cc(SNC3(O)CC3)ccc2n(CC2CC2)c1=O. The van der Waals surface area contributed by atoms with Gasteiger partial charge in [0, 0.05) is 31.6 Å². The molecule has 2 aliphatic carbocycles. The first-order chi connectivity index (χ1) is 15.3. The van der Waals surface area contributed by atoms with E-state index in [4.69, 9.17) is 0 Å². The molecule has 0 aliphatic heterocycles. The Morgan fingerprint density at radius 1 is 1.31 bits per heavy atom. The number of hydrogen-bond acceptors (Lipinski definition) is 6. The lowest BCUT2D eigenvalue weighted by Crippen LogP contribution is -2.40. The zero-order valence-electron chi connectivity index (χ0n) is 18.4. The van der Waals surface area contributed by atoms with Gasteiger partial charge in [-0.1, -0.05) is 6.58 Å². The quantitative estimate of drug-likeness (QED) is 0.232. The number of carbonyl (C=O) groups is 1. The minimum Gasteiger partial charge on any atom is -0.375 e. The van der Waals surface area contributed by atoms with E-state index in [1.165, 1.54) is 22.6 Å². The summed E-state index contributed by atoms with van der Waals surface area (Å²) in [7, 11) is 1.71. The van der Waals surface area contributed by atoms with Crippen LogP contribution < -0.4 is 16.0 Å². The summed E-state index contributed by atoms with van der Waals surface area (Å²) >= 11 is 1.30. The van der Waals surface area contributed by atoms with Crippen molar-refractivity contribution >= 4 is 28.8 Å². The van der Waals surface area contributed by atoms with Crippen LogP contribution in [0.25, 0.3) is 10.9 Å². The molecule has 2 saturated carbocycles. The highest BCUT2D eigenvalue weighted by molar-refractivity contribution is 7.97. The van der Waals surface area contributed by atoms with Crippen molar-refractivity contribution in [1.29, 1.82) is 0 Å². The summed E-state index contributed by atoms with van der Waals surface area (Å²) in [5.41, 5.74) is -0.713. The van der Waals surface area contributed by atoms with Crippen LogP contribution >= 0.6 is 11.9 Å². The number of hydrogen-bond donors (Lipinski definition) is 2. The van der Waals surface area contributed by atoms with E-state index >= 15 is 0 Å². The molecular weight excluding hydrogens is 428 g/mol. The van der Waals surface area contributed by atoms with Gasteiger partial charge in [0.15, 0.2) is 0 Å². The molecule has 4 rings (SSSR count). The van der Waals surface area contributed by atoms with Crippen molar-refractivity contribution in [3.63, 3.8) is 0 Å². The van der Waals surface area contributed by atoms with Crippen molar-refractivity contribution in [2.45, 2.75) is 62.2 Å². The molecular formula is C23H30N4O4S. The third-order valence-electron chi connectivity index (χ3n) is 6.09. The Morgan fingerprint density at radius 2 is 2.06 bits per heavy atom. The van der Waals surface area contributed by atoms with E-state index in [2.05, 4.69) is 11.3 Å². The number of likely N-dealkylation sites (N-methyl/N-ethyl adjacent to an activating group) is 1. The number of aromatic nitrogens is 2. The van der Waals surface area contributed by atoms with Crippen LogP contribution in [0.3, 0.4) is 0 Å². The Morgan fingerprint density at radius 3 is 2.72 bits per heavy atom. The second kappa shape index (κ2) is 9.25. The normalized spacial score (nSPS) is 16.8. The fraction of sp³-hybridized carbons (Fsp3) is 0.522. The summed E-state index contributed by atoms with van der Waals surface area (Å²) < 4.78 is 6.10. The maximum absolute atomic E-state index is 13.2. The summed E-state index contributed by atoms with van der Waals surface area (Å²) in [5.74, 6) is 0.342. The Hall–Kier alpha value is -2.36.